The molecule has 110 valence electrons. The van der Waals surface area contributed by atoms with E-state index in [0.29, 0.717) is 11.3 Å². The van der Waals surface area contributed by atoms with Crippen LogP contribution in [0.4, 0.5) is 5.69 Å². The van der Waals surface area contributed by atoms with Gasteiger partial charge in [0.1, 0.15) is 0 Å². The third-order valence-corrected chi connectivity index (χ3v) is 5.69. The molecule has 3 nitrogen and oxygen atoms in total. The van der Waals surface area contributed by atoms with Gasteiger partial charge in [-0.25, -0.2) is 0 Å². The molecule has 0 aliphatic heterocycles. The highest BCUT2D eigenvalue weighted by Gasteiger charge is 2.31. The number of aryl methyl sites for hydroxylation is 1. The summed E-state index contributed by atoms with van der Waals surface area (Å²) < 4.78 is 0.224. The van der Waals surface area contributed by atoms with Gasteiger partial charge in [-0.15, -0.1) is 0 Å². The fourth-order valence-electron chi connectivity index (χ4n) is 2.87. The quantitative estimate of drug-likeness (QED) is 0.837. The van der Waals surface area contributed by atoms with Crippen LogP contribution in [0.25, 0.3) is 0 Å². The first-order valence-corrected chi connectivity index (χ1v) is 8.48. The van der Waals surface area contributed by atoms with Crippen LogP contribution >= 0.6 is 11.8 Å². The predicted molar refractivity (Wildman–Crippen MR) is 87.3 cm³/mol. The van der Waals surface area contributed by atoms with E-state index in [1.807, 2.05) is 30.8 Å². The number of nitrogens with one attached hydrogen (secondary N) is 1. The predicted octanol–water partition coefficient (Wildman–Crippen LogP) is 3.37. The molecule has 3 N–H and O–H groups in total. The number of hydrogen-bond acceptors (Lipinski definition) is 3. The zero-order valence-electron chi connectivity index (χ0n) is 12.4. The molecule has 1 saturated carbocycles. The minimum atomic E-state index is -0.00574. The largest absolute Gasteiger partial charge is 0.399 e. The van der Waals surface area contributed by atoms with E-state index in [1.54, 1.807) is 6.07 Å². The Bertz CT molecular complexity index is 481. The second-order valence-electron chi connectivity index (χ2n) is 5.70. The van der Waals surface area contributed by atoms with Crippen molar-refractivity contribution >= 4 is 23.4 Å². The molecule has 1 aliphatic rings. The monoisotopic (exact) mass is 292 g/mol. The Labute approximate surface area is 125 Å². The molecule has 4 heteroatoms. The van der Waals surface area contributed by atoms with Crippen molar-refractivity contribution in [2.45, 2.75) is 43.8 Å². The van der Waals surface area contributed by atoms with Gasteiger partial charge in [0, 0.05) is 22.5 Å². The summed E-state index contributed by atoms with van der Waals surface area (Å²) in [6.45, 7) is 2.69. The molecule has 0 radical (unpaired) electrons. The summed E-state index contributed by atoms with van der Waals surface area (Å²) in [6.07, 6.45) is 8.42. The van der Waals surface area contributed by atoms with Crippen LogP contribution in [0, 0.1) is 6.92 Å². The SMILES string of the molecule is CSC1(CNC(=O)c2cc(N)ccc2C)CCCCC1. The maximum absolute atomic E-state index is 12.3. The highest BCUT2D eigenvalue weighted by atomic mass is 32.2. The van der Waals surface area contributed by atoms with E-state index in [-0.39, 0.29) is 10.7 Å². The number of rotatable bonds is 4. The molecule has 0 saturated heterocycles. The fourth-order valence-corrected chi connectivity index (χ4v) is 3.78. The molecule has 0 aromatic heterocycles. The number of thioether (sulfide) groups is 1. The standard InChI is InChI=1S/C16H24N2OS/c1-12-6-7-13(17)10-14(12)15(19)18-11-16(20-2)8-4-3-5-9-16/h6-7,10H,3-5,8-9,11,17H2,1-2H3,(H,18,19). The van der Waals surface area contributed by atoms with Crippen LogP contribution in [-0.2, 0) is 0 Å². The summed E-state index contributed by atoms with van der Waals surface area (Å²) in [5.41, 5.74) is 8.07. The number of anilines is 1. The number of nitrogens with two attached hydrogens (primary N) is 1. The van der Waals surface area contributed by atoms with Gasteiger partial charge in [-0.1, -0.05) is 25.3 Å². The van der Waals surface area contributed by atoms with Gasteiger partial charge in [0.05, 0.1) is 0 Å². The van der Waals surface area contributed by atoms with E-state index in [4.69, 9.17) is 5.73 Å². The molecule has 1 aromatic rings. The van der Waals surface area contributed by atoms with Gasteiger partial charge in [-0.2, -0.15) is 11.8 Å². The third kappa shape index (κ3) is 3.48. The van der Waals surface area contributed by atoms with Gasteiger partial charge in [0.25, 0.3) is 5.91 Å². The molecule has 0 heterocycles. The Morgan fingerprint density at radius 1 is 1.35 bits per heavy atom. The van der Waals surface area contributed by atoms with Crippen molar-refractivity contribution < 1.29 is 4.79 Å². The van der Waals surface area contributed by atoms with Crippen molar-refractivity contribution in [2.24, 2.45) is 0 Å². The van der Waals surface area contributed by atoms with Crippen molar-refractivity contribution in [3.8, 4) is 0 Å². The summed E-state index contributed by atoms with van der Waals surface area (Å²) in [5, 5.41) is 3.11. The summed E-state index contributed by atoms with van der Waals surface area (Å²) >= 11 is 1.90. The zero-order valence-corrected chi connectivity index (χ0v) is 13.2. The summed E-state index contributed by atoms with van der Waals surface area (Å²) in [5.74, 6) is -0.00574. The molecule has 0 spiro atoms. The van der Waals surface area contributed by atoms with E-state index >= 15 is 0 Å². The molecule has 0 bridgehead atoms. The van der Waals surface area contributed by atoms with Crippen molar-refractivity contribution in [3.63, 3.8) is 0 Å². The van der Waals surface area contributed by atoms with Gasteiger partial charge in [0.15, 0.2) is 0 Å². The zero-order chi connectivity index (χ0) is 14.6. The summed E-state index contributed by atoms with van der Waals surface area (Å²) in [4.78, 5) is 12.3. The van der Waals surface area contributed by atoms with Crippen LogP contribution in [0.1, 0.15) is 48.0 Å². The number of nitrogen functional groups attached to an aromatic ring is 1. The molecule has 1 aromatic carbocycles. The first-order chi connectivity index (χ1) is 9.56. The molecule has 1 amide bonds. The second-order valence-corrected chi connectivity index (χ2v) is 6.98. The summed E-state index contributed by atoms with van der Waals surface area (Å²) in [6, 6.07) is 5.49. The van der Waals surface area contributed by atoms with Crippen LogP contribution in [0.15, 0.2) is 18.2 Å². The fraction of sp³-hybridized carbons (Fsp3) is 0.562. The van der Waals surface area contributed by atoms with E-state index in [0.717, 1.165) is 12.1 Å². The number of hydrogen-bond donors (Lipinski definition) is 2. The Balaban J connectivity index is 2.02. The Kier molecular flexibility index (Phi) is 4.97. The molecule has 0 unspecified atom stereocenters. The van der Waals surface area contributed by atoms with E-state index in [9.17, 15) is 4.79 Å². The van der Waals surface area contributed by atoms with Crippen molar-refractivity contribution in [1.29, 1.82) is 0 Å². The lowest BCUT2D eigenvalue weighted by Gasteiger charge is -2.35. The van der Waals surface area contributed by atoms with Gasteiger partial charge in [-0.3, -0.25) is 4.79 Å². The normalized spacial score (nSPS) is 17.7. The topological polar surface area (TPSA) is 55.1 Å². The van der Waals surface area contributed by atoms with Crippen LogP contribution in [0.2, 0.25) is 0 Å². The lowest BCUT2D eigenvalue weighted by atomic mass is 9.88. The highest BCUT2D eigenvalue weighted by Crippen LogP contribution is 2.38. The van der Waals surface area contributed by atoms with E-state index in [1.165, 1.54) is 32.1 Å². The van der Waals surface area contributed by atoms with E-state index < -0.39 is 0 Å². The Morgan fingerprint density at radius 2 is 2.05 bits per heavy atom. The van der Waals surface area contributed by atoms with Crippen molar-refractivity contribution in [2.75, 3.05) is 18.5 Å². The highest BCUT2D eigenvalue weighted by molar-refractivity contribution is 8.00. The van der Waals surface area contributed by atoms with Crippen molar-refractivity contribution in [3.05, 3.63) is 29.3 Å². The lowest BCUT2D eigenvalue weighted by Crippen LogP contribution is -2.41. The Hall–Kier alpha value is -1.16. The minimum Gasteiger partial charge on any atom is -0.399 e. The first-order valence-electron chi connectivity index (χ1n) is 7.26. The lowest BCUT2D eigenvalue weighted by molar-refractivity contribution is 0.0946. The smallest absolute Gasteiger partial charge is 0.251 e. The van der Waals surface area contributed by atoms with Crippen molar-refractivity contribution in [1.82, 2.24) is 5.32 Å². The number of carbonyl (C=O) groups excluding carboxylic acids is 1. The van der Waals surface area contributed by atoms with Crippen LogP contribution in [-0.4, -0.2) is 23.5 Å². The third-order valence-electron chi connectivity index (χ3n) is 4.28. The van der Waals surface area contributed by atoms with Gasteiger partial charge in [0.2, 0.25) is 0 Å². The molecule has 1 aliphatic carbocycles. The molecule has 0 atom stereocenters. The number of benzene rings is 1. The van der Waals surface area contributed by atoms with Crippen LogP contribution in [0.5, 0.6) is 0 Å². The molecular weight excluding hydrogens is 268 g/mol. The van der Waals surface area contributed by atoms with Crippen LogP contribution < -0.4 is 11.1 Å². The molecular formula is C16H24N2OS. The maximum Gasteiger partial charge on any atom is 0.251 e. The maximum atomic E-state index is 12.3. The van der Waals surface area contributed by atoms with Gasteiger partial charge < -0.3 is 11.1 Å². The average Bonchev–Trinajstić information content (AvgIpc) is 2.48. The summed E-state index contributed by atoms with van der Waals surface area (Å²) in [7, 11) is 0. The second kappa shape index (κ2) is 6.53. The molecule has 1 fully saturated rings. The Morgan fingerprint density at radius 3 is 2.70 bits per heavy atom. The van der Waals surface area contributed by atoms with Crippen LogP contribution in [0.3, 0.4) is 0 Å². The van der Waals surface area contributed by atoms with Gasteiger partial charge >= 0.3 is 0 Å². The van der Waals surface area contributed by atoms with Gasteiger partial charge in [-0.05, 0) is 43.7 Å². The average molecular weight is 292 g/mol. The molecule has 20 heavy (non-hydrogen) atoms. The first kappa shape index (κ1) is 15.2. The molecule has 2 rings (SSSR count). The number of carbonyl (C=O) groups is 1. The number of amides is 1. The van der Waals surface area contributed by atoms with E-state index in [2.05, 4.69) is 11.6 Å². The minimum absolute atomic E-state index is 0.00574.